The molecule has 1 unspecified atom stereocenters. The van der Waals surface area contributed by atoms with Crippen LogP contribution in [-0.4, -0.2) is 0 Å². The molecule has 4 heteroatoms. The SMILES string of the molecule is CC(C)(C)C(N)c1cc(Cl)c(Br)s1. The highest BCUT2D eigenvalue weighted by Crippen LogP contribution is 2.39. The highest BCUT2D eigenvalue weighted by atomic mass is 79.9. The van der Waals surface area contributed by atoms with E-state index in [-0.39, 0.29) is 11.5 Å². The van der Waals surface area contributed by atoms with Crippen LogP contribution in [0.2, 0.25) is 5.02 Å². The van der Waals surface area contributed by atoms with Crippen LogP contribution < -0.4 is 5.73 Å². The monoisotopic (exact) mass is 281 g/mol. The Morgan fingerprint density at radius 1 is 1.54 bits per heavy atom. The molecule has 0 radical (unpaired) electrons. The van der Waals surface area contributed by atoms with Crippen LogP contribution in [0.3, 0.4) is 0 Å². The fourth-order valence-corrected chi connectivity index (χ4v) is 2.94. The van der Waals surface area contributed by atoms with Gasteiger partial charge < -0.3 is 5.73 Å². The predicted molar refractivity (Wildman–Crippen MR) is 63.4 cm³/mol. The van der Waals surface area contributed by atoms with E-state index >= 15 is 0 Å². The summed E-state index contributed by atoms with van der Waals surface area (Å²) in [7, 11) is 0. The van der Waals surface area contributed by atoms with Crippen LogP contribution >= 0.6 is 38.9 Å². The molecular formula is C9H13BrClNS. The van der Waals surface area contributed by atoms with Gasteiger partial charge in [-0.1, -0.05) is 32.4 Å². The van der Waals surface area contributed by atoms with Gasteiger partial charge in [-0.3, -0.25) is 0 Å². The van der Waals surface area contributed by atoms with E-state index in [1.165, 1.54) is 0 Å². The lowest BCUT2D eigenvalue weighted by atomic mass is 9.87. The molecule has 13 heavy (non-hydrogen) atoms. The largest absolute Gasteiger partial charge is 0.323 e. The number of halogens is 2. The number of nitrogens with two attached hydrogens (primary N) is 1. The molecule has 0 aromatic carbocycles. The van der Waals surface area contributed by atoms with E-state index in [0.717, 1.165) is 13.7 Å². The first-order valence-corrected chi connectivity index (χ1v) is 6.01. The highest BCUT2D eigenvalue weighted by molar-refractivity contribution is 9.11. The number of thiophene rings is 1. The maximum Gasteiger partial charge on any atom is 0.0887 e. The van der Waals surface area contributed by atoms with Gasteiger partial charge in [0.1, 0.15) is 0 Å². The fourth-order valence-electron chi connectivity index (χ4n) is 0.943. The van der Waals surface area contributed by atoms with Gasteiger partial charge in [-0.25, -0.2) is 0 Å². The van der Waals surface area contributed by atoms with Crippen molar-refractivity contribution in [3.05, 3.63) is 19.8 Å². The first-order chi connectivity index (χ1) is 5.82. The molecule has 1 rings (SSSR count). The van der Waals surface area contributed by atoms with Crippen LogP contribution in [0, 0.1) is 5.41 Å². The summed E-state index contributed by atoms with van der Waals surface area (Å²) in [6, 6.07) is 1.98. The Morgan fingerprint density at radius 2 is 2.08 bits per heavy atom. The molecule has 74 valence electrons. The minimum atomic E-state index is 0.0429. The maximum absolute atomic E-state index is 6.09. The minimum absolute atomic E-state index is 0.0429. The van der Waals surface area contributed by atoms with Crippen molar-refractivity contribution < 1.29 is 0 Å². The molecule has 0 aliphatic carbocycles. The molecule has 0 saturated carbocycles. The molecular weight excluding hydrogens is 270 g/mol. The van der Waals surface area contributed by atoms with E-state index in [4.69, 9.17) is 17.3 Å². The molecule has 2 N–H and O–H groups in total. The predicted octanol–water partition coefficient (Wildman–Crippen LogP) is 4.21. The smallest absolute Gasteiger partial charge is 0.0887 e. The van der Waals surface area contributed by atoms with E-state index in [1.807, 2.05) is 6.07 Å². The third kappa shape index (κ3) is 2.69. The summed E-state index contributed by atoms with van der Waals surface area (Å²) in [5, 5.41) is 0.750. The van der Waals surface area contributed by atoms with Crippen LogP contribution in [0.25, 0.3) is 0 Å². The van der Waals surface area contributed by atoms with E-state index in [0.29, 0.717) is 0 Å². The molecule has 0 aliphatic heterocycles. The van der Waals surface area contributed by atoms with Gasteiger partial charge >= 0.3 is 0 Å². The summed E-state index contributed by atoms with van der Waals surface area (Å²) in [5.74, 6) is 0. The molecule has 0 bridgehead atoms. The zero-order valence-corrected chi connectivity index (χ0v) is 11.1. The van der Waals surface area contributed by atoms with Crippen molar-refractivity contribution in [3.8, 4) is 0 Å². The normalized spacial score (nSPS) is 14.6. The molecule has 0 amide bonds. The van der Waals surface area contributed by atoms with Gasteiger partial charge in [0, 0.05) is 10.9 Å². The van der Waals surface area contributed by atoms with Crippen LogP contribution in [-0.2, 0) is 0 Å². The van der Waals surface area contributed by atoms with Gasteiger partial charge in [-0.05, 0) is 27.4 Å². The van der Waals surface area contributed by atoms with Gasteiger partial charge in [-0.2, -0.15) is 0 Å². The molecule has 0 aliphatic rings. The third-order valence-electron chi connectivity index (χ3n) is 1.90. The second-order valence-electron chi connectivity index (χ2n) is 4.11. The first-order valence-electron chi connectivity index (χ1n) is 4.02. The minimum Gasteiger partial charge on any atom is -0.323 e. The van der Waals surface area contributed by atoms with Crippen LogP contribution in [0.5, 0.6) is 0 Å². The van der Waals surface area contributed by atoms with E-state index in [2.05, 4.69) is 36.7 Å². The summed E-state index contributed by atoms with van der Waals surface area (Å²) in [5.41, 5.74) is 6.16. The second kappa shape index (κ2) is 3.89. The Bertz CT molecular complexity index is 284. The zero-order valence-electron chi connectivity index (χ0n) is 7.90. The Kier molecular flexibility index (Phi) is 3.44. The number of rotatable bonds is 1. The molecule has 0 spiro atoms. The summed E-state index contributed by atoms with van der Waals surface area (Å²) < 4.78 is 0.962. The van der Waals surface area contributed by atoms with Crippen molar-refractivity contribution in [1.29, 1.82) is 0 Å². The molecule has 1 heterocycles. The lowest BCUT2D eigenvalue weighted by molar-refractivity contribution is 0.331. The number of hydrogen-bond acceptors (Lipinski definition) is 2. The quantitative estimate of drug-likeness (QED) is 0.820. The molecule has 0 fully saturated rings. The molecule has 0 saturated heterocycles. The van der Waals surface area contributed by atoms with Gasteiger partial charge in [-0.15, -0.1) is 11.3 Å². The van der Waals surface area contributed by atoms with Gasteiger partial charge in [0.25, 0.3) is 0 Å². The average Bonchev–Trinajstić information content (AvgIpc) is 2.29. The summed E-state index contributed by atoms with van der Waals surface area (Å²) in [6.07, 6.45) is 0. The van der Waals surface area contributed by atoms with E-state index < -0.39 is 0 Å². The summed E-state index contributed by atoms with van der Waals surface area (Å²) in [6.45, 7) is 6.37. The zero-order chi connectivity index (χ0) is 10.2. The van der Waals surface area contributed by atoms with Crippen molar-refractivity contribution in [2.75, 3.05) is 0 Å². The van der Waals surface area contributed by atoms with Crippen molar-refractivity contribution in [3.63, 3.8) is 0 Å². The van der Waals surface area contributed by atoms with Gasteiger partial charge in [0.2, 0.25) is 0 Å². The lowest BCUT2D eigenvalue weighted by Crippen LogP contribution is -2.25. The third-order valence-corrected chi connectivity index (χ3v) is 4.46. The van der Waals surface area contributed by atoms with Crippen molar-refractivity contribution in [2.45, 2.75) is 26.8 Å². The van der Waals surface area contributed by atoms with Crippen molar-refractivity contribution in [2.24, 2.45) is 11.1 Å². The fraction of sp³-hybridized carbons (Fsp3) is 0.556. The van der Waals surface area contributed by atoms with E-state index in [9.17, 15) is 0 Å². The van der Waals surface area contributed by atoms with Crippen molar-refractivity contribution >= 4 is 38.9 Å². The Labute approximate surface area is 96.4 Å². The summed E-state index contributed by atoms with van der Waals surface area (Å²) in [4.78, 5) is 1.13. The standard InChI is InChI=1S/C9H13BrClNS/c1-9(2,3)7(12)6-4-5(11)8(10)13-6/h4,7H,12H2,1-3H3. The topological polar surface area (TPSA) is 26.0 Å². The Morgan fingerprint density at radius 3 is 2.38 bits per heavy atom. The van der Waals surface area contributed by atoms with Crippen LogP contribution in [0.1, 0.15) is 31.7 Å². The molecule has 1 aromatic rings. The average molecular weight is 283 g/mol. The molecule has 1 nitrogen and oxygen atoms in total. The number of hydrogen-bond donors (Lipinski definition) is 1. The Balaban J connectivity index is 2.96. The summed E-state index contributed by atoms with van der Waals surface area (Å²) >= 11 is 10.9. The first kappa shape index (κ1) is 11.5. The lowest BCUT2D eigenvalue weighted by Gasteiger charge is -2.25. The molecule has 1 aromatic heterocycles. The van der Waals surface area contributed by atoms with Gasteiger partial charge in [0.05, 0.1) is 8.81 Å². The Hall–Kier alpha value is 0.430. The van der Waals surface area contributed by atoms with Crippen molar-refractivity contribution in [1.82, 2.24) is 0 Å². The van der Waals surface area contributed by atoms with Crippen LogP contribution in [0.4, 0.5) is 0 Å². The maximum atomic E-state index is 6.09. The highest BCUT2D eigenvalue weighted by Gasteiger charge is 2.24. The van der Waals surface area contributed by atoms with E-state index in [1.54, 1.807) is 11.3 Å². The van der Waals surface area contributed by atoms with Crippen LogP contribution in [0.15, 0.2) is 9.85 Å². The molecule has 1 atom stereocenters. The van der Waals surface area contributed by atoms with Gasteiger partial charge in [0.15, 0.2) is 0 Å². The second-order valence-corrected chi connectivity index (χ2v) is 6.92.